The van der Waals surface area contributed by atoms with Crippen molar-refractivity contribution in [3.63, 3.8) is 0 Å². The van der Waals surface area contributed by atoms with E-state index in [1.165, 1.54) is 5.56 Å². The highest BCUT2D eigenvalue weighted by Gasteiger charge is 2.08. The van der Waals surface area contributed by atoms with Crippen LogP contribution in [-0.4, -0.2) is 18.0 Å². The molecule has 142 valence electrons. The van der Waals surface area contributed by atoms with Gasteiger partial charge in [-0.1, -0.05) is 55.8 Å². The second-order valence-corrected chi connectivity index (χ2v) is 6.98. The molecule has 0 saturated carbocycles. The Morgan fingerprint density at radius 2 is 1.67 bits per heavy atom. The fourth-order valence-electron chi connectivity index (χ4n) is 2.60. The molecule has 0 saturated heterocycles. The lowest BCUT2D eigenvalue weighted by Gasteiger charge is -2.08. The summed E-state index contributed by atoms with van der Waals surface area (Å²) < 4.78 is 0. The Balaban J connectivity index is 1.76. The van der Waals surface area contributed by atoms with Crippen LogP contribution < -0.4 is 10.7 Å². The Kier molecular flexibility index (Phi) is 7.29. The number of carbonyl (C=O) groups excluding carboxylic acids is 2. The molecule has 2 aromatic rings. The first-order chi connectivity index (χ1) is 12.8. The molecule has 5 heteroatoms. The fourth-order valence-corrected chi connectivity index (χ4v) is 2.60. The standard InChI is InChI=1S/C22H27N3O2/c1-15(2)19-8-6-18(7-9-19)14-23-25-22(27)12-11-21(26)24-20-10-5-16(3)13-17(20)4/h5-10,13-15H,11-12H2,1-4H3,(H,24,26)(H,25,27)/b23-14+. The molecular formula is C22H27N3O2. The molecule has 0 radical (unpaired) electrons. The monoisotopic (exact) mass is 365 g/mol. The van der Waals surface area contributed by atoms with E-state index in [1.54, 1.807) is 6.21 Å². The van der Waals surface area contributed by atoms with E-state index in [-0.39, 0.29) is 24.7 Å². The maximum Gasteiger partial charge on any atom is 0.240 e. The second kappa shape index (κ2) is 9.67. The Hall–Kier alpha value is -2.95. The van der Waals surface area contributed by atoms with E-state index < -0.39 is 0 Å². The quantitative estimate of drug-likeness (QED) is 0.567. The fraction of sp³-hybridized carbons (Fsp3) is 0.318. The second-order valence-electron chi connectivity index (χ2n) is 6.98. The van der Waals surface area contributed by atoms with Crippen molar-refractivity contribution in [1.29, 1.82) is 0 Å². The third-order valence-corrected chi connectivity index (χ3v) is 4.24. The number of anilines is 1. The average molecular weight is 365 g/mol. The van der Waals surface area contributed by atoms with Gasteiger partial charge in [0.2, 0.25) is 11.8 Å². The molecule has 2 rings (SSSR count). The Morgan fingerprint density at radius 1 is 1.00 bits per heavy atom. The van der Waals surface area contributed by atoms with E-state index in [0.717, 1.165) is 22.4 Å². The first-order valence-electron chi connectivity index (χ1n) is 9.14. The van der Waals surface area contributed by atoms with Crippen LogP contribution >= 0.6 is 0 Å². The van der Waals surface area contributed by atoms with Crippen molar-refractivity contribution in [3.05, 3.63) is 64.7 Å². The number of hydrazone groups is 1. The van der Waals surface area contributed by atoms with Gasteiger partial charge in [0.05, 0.1) is 6.21 Å². The van der Waals surface area contributed by atoms with Gasteiger partial charge in [0.25, 0.3) is 0 Å². The maximum absolute atomic E-state index is 12.0. The Labute approximate surface area is 160 Å². The third kappa shape index (κ3) is 6.70. The zero-order valence-corrected chi connectivity index (χ0v) is 16.4. The van der Waals surface area contributed by atoms with E-state index in [9.17, 15) is 9.59 Å². The smallest absolute Gasteiger partial charge is 0.240 e. The molecule has 0 aromatic heterocycles. The lowest BCUT2D eigenvalue weighted by molar-refractivity contribution is -0.124. The van der Waals surface area contributed by atoms with Gasteiger partial charge >= 0.3 is 0 Å². The number of hydrogen-bond acceptors (Lipinski definition) is 3. The number of amides is 2. The summed E-state index contributed by atoms with van der Waals surface area (Å²) in [5.41, 5.74) is 7.54. The Bertz CT molecular complexity index is 824. The number of nitrogens with one attached hydrogen (secondary N) is 2. The summed E-state index contributed by atoms with van der Waals surface area (Å²) in [4.78, 5) is 23.8. The summed E-state index contributed by atoms with van der Waals surface area (Å²) in [7, 11) is 0. The van der Waals surface area contributed by atoms with Crippen LogP contribution in [0.2, 0.25) is 0 Å². The molecule has 0 unspecified atom stereocenters. The lowest BCUT2D eigenvalue weighted by Crippen LogP contribution is -2.20. The van der Waals surface area contributed by atoms with Crippen LogP contribution in [0.4, 0.5) is 5.69 Å². The minimum atomic E-state index is -0.291. The van der Waals surface area contributed by atoms with Gasteiger partial charge in [0, 0.05) is 18.5 Å². The molecule has 0 aliphatic carbocycles. The van der Waals surface area contributed by atoms with Crippen molar-refractivity contribution in [3.8, 4) is 0 Å². The van der Waals surface area contributed by atoms with Gasteiger partial charge in [-0.05, 0) is 42.5 Å². The molecule has 0 aliphatic rings. The van der Waals surface area contributed by atoms with Gasteiger partial charge in [-0.25, -0.2) is 5.43 Å². The largest absolute Gasteiger partial charge is 0.326 e. The summed E-state index contributed by atoms with van der Waals surface area (Å²) in [6.45, 7) is 8.22. The molecule has 0 aliphatic heterocycles. The zero-order valence-electron chi connectivity index (χ0n) is 16.4. The summed E-state index contributed by atoms with van der Waals surface area (Å²) in [6.07, 6.45) is 1.79. The molecule has 0 heterocycles. The number of nitrogens with zero attached hydrogens (tertiary/aromatic N) is 1. The lowest BCUT2D eigenvalue weighted by atomic mass is 10.0. The van der Waals surface area contributed by atoms with Gasteiger partial charge in [-0.2, -0.15) is 5.10 Å². The van der Waals surface area contributed by atoms with Crippen molar-refractivity contribution >= 4 is 23.7 Å². The van der Waals surface area contributed by atoms with Crippen molar-refractivity contribution in [1.82, 2.24) is 5.43 Å². The summed E-state index contributed by atoms with van der Waals surface area (Å²) >= 11 is 0. The van der Waals surface area contributed by atoms with Crippen molar-refractivity contribution < 1.29 is 9.59 Å². The zero-order chi connectivity index (χ0) is 19.8. The van der Waals surface area contributed by atoms with E-state index in [4.69, 9.17) is 0 Å². The van der Waals surface area contributed by atoms with Gasteiger partial charge < -0.3 is 5.32 Å². The van der Waals surface area contributed by atoms with E-state index >= 15 is 0 Å². The number of aryl methyl sites for hydroxylation is 2. The number of benzene rings is 2. The van der Waals surface area contributed by atoms with Crippen LogP contribution in [0.15, 0.2) is 47.6 Å². The van der Waals surface area contributed by atoms with Crippen LogP contribution in [0.5, 0.6) is 0 Å². The number of hydrogen-bond donors (Lipinski definition) is 2. The molecule has 0 bridgehead atoms. The van der Waals surface area contributed by atoms with E-state index in [2.05, 4.69) is 29.7 Å². The molecule has 0 spiro atoms. The van der Waals surface area contributed by atoms with Crippen LogP contribution in [0, 0.1) is 13.8 Å². The summed E-state index contributed by atoms with van der Waals surface area (Å²) in [5.74, 6) is -0.00304. The van der Waals surface area contributed by atoms with Crippen LogP contribution in [-0.2, 0) is 9.59 Å². The van der Waals surface area contributed by atoms with Gasteiger partial charge in [-0.15, -0.1) is 0 Å². The van der Waals surface area contributed by atoms with Crippen molar-refractivity contribution in [2.45, 2.75) is 46.5 Å². The predicted molar refractivity (Wildman–Crippen MR) is 110 cm³/mol. The first-order valence-corrected chi connectivity index (χ1v) is 9.14. The molecule has 0 atom stereocenters. The highest BCUT2D eigenvalue weighted by Crippen LogP contribution is 2.16. The van der Waals surface area contributed by atoms with Gasteiger partial charge in [0.1, 0.15) is 0 Å². The van der Waals surface area contributed by atoms with E-state index in [1.807, 2.05) is 56.3 Å². The third-order valence-electron chi connectivity index (χ3n) is 4.24. The molecule has 2 N–H and O–H groups in total. The van der Waals surface area contributed by atoms with Crippen LogP contribution in [0.3, 0.4) is 0 Å². The number of carbonyl (C=O) groups is 2. The molecule has 2 aromatic carbocycles. The van der Waals surface area contributed by atoms with Crippen molar-refractivity contribution in [2.24, 2.45) is 5.10 Å². The average Bonchev–Trinajstić information content (AvgIpc) is 2.63. The van der Waals surface area contributed by atoms with Gasteiger partial charge in [0.15, 0.2) is 0 Å². The molecule has 2 amide bonds. The van der Waals surface area contributed by atoms with Crippen LogP contribution in [0.1, 0.15) is 54.9 Å². The van der Waals surface area contributed by atoms with E-state index in [0.29, 0.717) is 5.92 Å². The number of rotatable bonds is 7. The van der Waals surface area contributed by atoms with Crippen molar-refractivity contribution in [2.75, 3.05) is 5.32 Å². The maximum atomic E-state index is 12.0. The Morgan fingerprint density at radius 3 is 2.30 bits per heavy atom. The normalized spacial score (nSPS) is 11.0. The van der Waals surface area contributed by atoms with Gasteiger partial charge in [-0.3, -0.25) is 9.59 Å². The SMILES string of the molecule is Cc1ccc(NC(=O)CCC(=O)N/N=C/c2ccc(C(C)C)cc2)c(C)c1. The molecule has 0 fully saturated rings. The predicted octanol–water partition coefficient (Wildman–Crippen LogP) is 4.30. The highest BCUT2D eigenvalue weighted by atomic mass is 16.2. The van der Waals surface area contributed by atoms with Crippen LogP contribution in [0.25, 0.3) is 0 Å². The molecular weight excluding hydrogens is 338 g/mol. The first kappa shape index (κ1) is 20.4. The topological polar surface area (TPSA) is 70.6 Å². The summed E-state index contributed by atoms with van der Waals surface area (Å²) in [5, 5.41) is 6.78. The summed E-state index contributed by atoms with van der Waals surface area (Å²) in [6, 6.07) is 13.8. The molecule has 5 nitrogen and oxygen atoms in total. The molecule has 27 heavy (non-hydrogen) atoms. The highest BCUT2D eigenvalue weighted by molar-refractivity contribution is 5.94. The minimum Gasteiger partial charge on any atom is -0.326 e. The minimum absolute atomic E-state index is 0.0837.